The number of carbonyl (C=O) groups excluding carboxylic acids is 1. The maximum absolute atomic E-state index is 14.3. The second-order valence-corrected chi connectivity index (χ2v) is 7.07. The minimum atomic E-state index is -1.74. The number of halogens is 5. The van der Waals surface area contributed by atoms with Gasteiger partial charge in [-0.05, 0) is 53.3 Å². The number of anilines is 2. The molecule has 27 heavy (non-hydrogen) atoms. The minimum absolute atomic E-state index is 0.193. The molecule has 0 aliphatic carbocycles. The summed E-state index contributed by atoms with van der Waals surface area (Å²) in [4.78, 5) is 17.3. The van der Waals surface area contributed by atoms with E-state index in [9.17, 15) is 18.0 Å². The standard InChI is InChI=1S/C17H15ClF3IN2O3/c1-2-9(7-25)27-24-17(26)10-6-12(19)14(20)15(21)16(10)23-13-4-3-8(22)5-11(13)18/h3-6,9,23,25H,2,7H2,1H3,(H,24,26). The van der Waals surface area contributed by atoms with Crippen molar-refractivity contribution in [1.82, 2.24) is 5.48 Å². The smallest absolute Gasteiger partial charge is 0.277 e. The van der Waals surface area contributed by atoms with E-state index in [-0.39, 0.29) is 17.3 Å². The van der Waals surface area contributed by atoms with Gasteiger partial charge in [0.25, 0.3) is 5.91 Å². The molecule has 3 N–H and O–H groups in total. The Morgan fingerprint density at radius 2 is 2.00 bits per heavy atom. The van der Waals surface area contributed by atoms with E-state index in [4.69, 9.17) is 21.5 Å². The predicted molar refractivity (Wildman–Crippen MR) is 103 cm³/mol. The van der Waals surface area contributed by atoms with Gasteiger partial charge in [-0.25, -0.2) is 18.7 Å². The third-order valence-corrected chi connectivity index (χ3v) is 4.56. The number of amides is 1. The molecule has 0 bridgehead atoms. The lowest BCUT2D eigenvalue weighted by Crippen LogP contribution is -2.32. The van der Waals surface area contributed by atoms with Gasteiger partial charge < -0.3 is 10.4 Å². The summed E-state index contributed by atoms with van der Waals surface area (Å²) >= 11 is 8.08. The summed E-state index contributed by atoms with van der Waals surface area (Å²) in [6.45, 7) is 1.34. The van der Waals surface area contributed by atoms with Crippen LogP contribution in [0, 0.1) is 21.0 Å². The number of nitrogens with one attached hydrogen (secondary N) is 2. The van der Waals surface area contributed by atoms with Crippen molar-refractivity contribution in [1.29, 1.82) is 0 Å². The molecule has 1 unspecified atom stereocenters. The first-order valence-electron chi connectivity index (χ1n) is 7.74. The summed E-state index contributed by atoms with van der Waals surface area (Å²) in [5.41, 5.74) is 1.05. The number of aliphatic hydroxyl groups is 1. The number of hydroxylamine groups is 1. The average molecular weight is 515 g/mol. The number of hydrogen-bond acceptors (Lipinski definition) is 4. The molecule has 1 amide bonds. The van der Waals surface area contributed by atoms with Gasteiger partial charge >= 0.3 is 0 Å². The van der Waals surface area contributed by atoms with Gasteiger partial charge in [0.15, 0.2) is 17.5 Å². The highest BCUT2D eigenvalue weighted by molar-refractivity contribution is 14.1. The highest BCUT2D eigenvalue weighted by Gasteiger charge is 2.24. The second-order valence-electron chi connectivity index (χ2n) is 5.42. The van der Waals surface area contributed by atoms with Gasteiger partial charge in [0, 0.05) is 3.57 Å². The maximum Gasteiger partial charge on any atom is 0.277 e. The van der Waals surface area contributed by atoms with Crippen LogP contribution in [0.2, 0.25) is 5.02 Å². The molecule has 0 radical (unpaired) electrons. The summed E-state index contributed by atoms with van der Waals surface area (Å²) < 4.78 is 42.5. The highest BCUT2D eigenvalue weighted by Crippen LogP contribution is 2.32. The molecule has 0 aliphatic heterocycles. The molecule has 0 spiro atoms. The van der Waals surface area contributed by atoms with Gasteiger partial charge in [0.2, 0.25) is 0 Å². The summed E-state index contributed by atoms with van der Waals surface area (Å²) in [6, 6.07) is 5.27. The van der Waals surface area contributed by atoms with Crippen LogP contribution in [0.25, 0.3) is 0 Å². The largest absolute Gasteiger partial charge is 0.394 e. The molecule has 0 saturated heterocycles. The van der Waals surface area contributed by atoms with E-state index >= 15 is 0 Å². The minimum Gasteiger partial charge on any atom is -0.394 e. The lowest BCUT2D eigenvalue weighted by Gasteiger charge is -2.17. The Hall–Kier alpha value is -1.56. The van der Waals surface area contributed by atoms with Crippen molar-refractivity contribution in [3.63, 3.8) is 0 Å². The molecular formula is C17H15ClF3IN2O3. The molecule has 10 heteroatoms. The van der Waals surface area contributed by atoms with Gasteiger partial charge in [-0.3, -0.25) is 9.63 Å². The summed E-state index contributed by atoms with van der Waals surface area (Å²) in [5, 5.41) is 11.8. The van der Waals surface area contributed by atoms with Gasteiger partial charge in [0.05, 0.1) is 28.6 Å². The summed E-state index contributed by atoms with van der Waals surface area (Å²) in [5.74, 6) is -5.88. The van der Waals surface area contributed by atoms with Crippen LogP contribution in [0.1, 0.15) is 23.7 Å². The van der Waals surface area contributed by atoms with Crippen molar-refractivity contribution < 1.29 is 27.9 Å². The van der Waals surface area contributed by atoms with Crippen molar-refractivity contribution in [3.05, 3.63) is 55.9 Å². The zero-order valence-electron chi connectivity index (χ0n) is 14.0. The van der Waals surface area contributed by atoms with Gasteiger partial charge in [-0.1, -0.05) is 18.5 Å². The summed E-state index contributed by atoms with van der Waals surface area (Å²) in [6.07, 6.45) is -0.321. The number of aliphatic hydroxyl groups excluding tert-OH is 1. The molecule has 2 rings (SSSR count). The summed E-state index contributed by atoms with van der Waals surface area (Å²) in [7, 11) is 0. The van der Waals surface area contributed by atoms with Crippen molar-refractivity contribution in [3.8, 4) is 0 Å². The van der Waals surface area contributed by atoms with Crippen LogP contribution in [0.5, 0.6) is 0 Å². The van der Waals surface area contributed by atoms with Gasteiger partial charge in [-0.2, -0.15) is 0 Å². The molecule has 0 aliphatic rings. The lowest BCUT2D eigenvalue weighted by molar-refractivity contribution is -0.0408. The number of hydrogen-bond donors (Lipinski definition) is 3. The highest BCUT2D eigenvalue weighted by atomic mass is 127. The first kappa shape index (κ1) is 21.7. The van der Waals surface area contributed by atoms with Crippen LogP contribution < -0.4 is 10.8 Å². The fourth-order valence-electron chi connectivity index (χ4n) is 2.06. The molecule has 5 nitrogen and oxygen atoms in total. The molecule has 0 saturated carbocycles. The van der Waals surface area contributed by atoms with Gasteiger partial charge in [0.1, 0.15) is 6.10 Å². The van der Waals surface area contributed by atoms with E-state index in [0.717, 1.165) is 3.57 Å². The maximum atomic E-state index is 14.3. The molecule has 2 aromatic rings. The first-order valence-corrected chi connectivity index (χ1v) is 9.20. The average Bonchev–Trinajstić information content (AvgIpc) is 2.64. The predicted octanol–water partition coefficient (Wildman–Crippen LogP) is 4.54. The first-order chi connectivity index (χ1) is 12.8. The van der Waals surface area contributed by atoms with E-state index in [2.05, 4.69) is 5.32 Å². The topological polar surface area (TPSA) is 70.6 Å². The Labute approximate surface area is 171 Å². The number of carbonyl (C=O) groups is 1. The van der Waals surface area contributed by atoms with E-state index in [0.29, 0.717) is 12.5 Å². The van der Waals surface area contributed by atoms with Crippen LogP contribution in [-0.4, -0.2) is 23.7 Å². The normalized spacial score (nSPS) is 12.0. The van der Waals surface area contributed by atoms with E-state index < -0.39 is 40.7 Å². The third-order valence-electron chi connectivity index (χ3n) is 3.57. The van der Waals surface area contributed by atoms with Crippen LogP contribution in [0.4, 0.5) is 24.5 Å². The Morgan fingerprint density at radius 3 is 2.59 bits per heavy atom. The SMILES string of the molecule is CCC(CO)ONC(=O)c1cc(F)c(F)c(F)c1Nc1ccc(I)cc1Cl. The molecule has 1 atom stereocenters. The van der Waals surface area contributed by atoms with Crippen LogP contribution in [0.3, 0.4) is 0 Å². The van der Waals surface area contributed by atoms with Crippen LogP contribution in [-0.2, 0) is 4.84 Å². The Morgan fingerprint density at radius 1 is 1.30 bits per heavy atom. The number of rotatable bonds is 7. The monoisotopic (exact) mass is 514 g/mol. The van der Waals surface area contributed by atoms with E-state index in [1.807, 2.05) is 28.1 Å². The van der Waals surface area contributed by atoms with E-state index in [1.165, 1.54) is 6.07 Å². The fraction of sp³-hybridized carbons (Fsp3) is 0.235. The quantitative estimate of drug-likeness (QED) is 0.288. The van der Waals surface area contributed by atoms with Gasteiger partial charge in [-0.15, -0.1) is 0 Å². The second kappa shape index (κ2) is 9.58. The zero-order chi connectivity index (χ0) is 20.1. The molecule has 146 valence electrons. The van der Waals surface area contributed by atoms with Crippen molar-refractivity contribution in [2.75, 3.05) is 11.9 Å². The molecule has 0 aromatic heterocycles. The molecule has 2 aromatic carbocycles. The Kier molecular flexibility index (Phi) is 7.71. The van der Waals surface area contributed by atoms with Crippen LogP contribution >= 0.6 is 34.2 Å². The Bertz CT molecular complexity index is 851. The van der Waals surface area contributed by atoms with Crippen LogP contribution in [0.15, 0.2) is 24.3 Å². The molecular weight excluding hydrogens is 500 g/mol. The molecule has 0 heterocycles. The van der Waals surface area contributed by atoms with Crippen molar-refractivity contribution >= 4 is 51.5 Å². The van der Waals surface area contributed by atoms with Crippen molar-refractivity contribution in [2.45, 2.75) is 19.4 Å². The number of benzene rings is 2. The lowest BCUT2D eigenvalue weighted by atomic mass is 10.1. The van der Waals surface area contributed by atoms with Crippen molar-refractivity contribution in [2.24, 2.45) is 0 Å². The molecule has 0 fully saturated rings. The Balaban J connectivity index is 2.40. The fourth-order valence-corrected chi connectivity index (χ4v) is 2.97. The zero-order valence-corrected chi connectivity index (χ0v) is 16.9. The van der Waals surface area contributed by atoms with E-state index in [1.54, 1.807) is 19.1 Å². The third kappa shape index (κ3) is 5.24.